The molecule has 2 atom stereocenters. The SMILES string of the molecule is CCN1CCN(C(=O)C2CC(c3cccc(OC)c3)NS(=O)(=O)N2C)CC1. The van der Waals surface area contributed by atoms with Gasteiger partial charge >= 0.3 is 0 Å². The van der Waals surface area contributed by atoms with Gasteiger partial charge in [0.05, 0.1) is 13.2 Å². The maximum absolute atomic E-state index is 13.1. The van der Waals surface area contributed by atoms with Crippen molar-refractivity contribution in [1.29, 1.82) is 0 Å². The van der Waals surface area contributed by atoms with E-state index in [1.165, 1.54) is 7.05 Å². The quantitative estimate of drug-likeness (QED) is 0.799. The Morgan fingerprint density at radius 3 is 2.59 bits per heavy atom. The van der Waals surface area contributed by atoms with Crippen LogP contribution in [0.2, 0.25) is 0 Å². The minimum atomic E-state index is -3.74. The van der Waals surface area contributed by atoms with Crippen molar-refractivity contribution >= 4 is 16.1 Å². The minimum Gasteiger partial charge on any atom is -0.497 e. The van der Waals surface area contributed by atoms with Crippen molar-refractivity contribution in [3.8, 4) is 5.75 Å². The number of likely N-dealkylation sites (N-methyl/N-ethyl adjacent to an activating group) is 2. The highest BCUT2D eigenvalue weighted by Gasteiger charge is 2.42. The molecule has 2 aliphatic rings. The lowest BCUT2D eigenvalue weighted by Crippen LogP contribution is -2.60. The molecule has 9 heteroatoms. The average Bonchev–Trinajstić information content (AvgIpc) is 2.69. The van der Waals surface area contributed by atoms with E-state index in [4.69, 9.17) is 4.74 Å². The van der Waals surface area contributed by atoms with Gasteiger partial charge in [0.15, 0.2) is 0 Å². The molecule has 2 saturated heterocycles. The van der Waals surface area contributed by atoms with Gasteiger partial charge in [-0.2, -0.15) is 17.4 Å². The fourth-order valence-corrected chi connectivity index (χ4v) is 4.93. The topological polar surface area (TPSA) is 82.2 Å². The summed E-state index contributed by atoms with van der Waals surface area (Å²) in [5, 5.41) is 0. The first-order valence-electron chi connectivity index (χ1n) is 9.26. The number of ether oxygens (including phenoxy) is 1. The van der Waals surface area contributed by atoms with Gasteiger partial charge in [-0.05, 0) is 30.7 Å². The molecule has 1 aromatic rings. The number of methoxy groups -OCH3 is 1. The minimum absolute atomic E-state index is 0.119. The van der Waals surface area contributed by atoms with Crippen molar-refractivity contribution in [3.63, 3.8) is 0 Å². The molecule has 150 valence electrons. The maximum atomic E-state index is 13.1. The van der Waals surface area contributed by atoms with Gasteiger partial charge in [0.1, 0.15) is 11.8 Å². The maximum Gasteiger partial charge on any atom is 0.280 e. The zero-order valence-electron chi connectivity index (χ0n) is 16.1. The predicted octanol–water partition coefficient (Wildman–Crippen LogP) is 0.439. The van der Waals surface area contributed by atoms with Crippen LogP contribution in [0.25, 0.3) is 0 Å². The van der Waals surface area contributed by atoms with E-state index >= 15 is 0 Å². The van der Waals surface area contributed by atoms with E-state index < -0.39 is 22.3 Å². The number of carbonyl (C=O) groups is 1. The number of rotatable bonds is 4. The van der Waals surface area contributed by atoms with Gasteiger partial charge in [0, 0.05) is 33.2 Å². The molecule has 0 spiro atoms. The smallest absolute Gasteiger partial charge is 0.280 e. The van der Waals surface area contributed by atoms with E-state index in [-0.39, 0.29) is 5.91 Å². The van der Waals surface area contributed by atoms with Crippen LogP contribution in [0.3, 0.4) is 0 Å². The number of nitrogens with one attached hydrogen (secondary N) is 1. The number of nitrogens with zero attached hydrogens (tertiary/aromatic N) is 3. The number of hydrogen-bond donors (Lipinski definition) is 1. The zero-order valence-corrected chi connectivity index (χ0v) is 16.9. The van der Waals surface area contributed by atoms with Crippen molar-refractivity contribution in [2.75, 3.05) is 46.9 Å². The van der Waals surface area contributed by atoms with Gasteiger partial charge < -0.3 is 14.5 Å². The van der Waals surface area contributed by atoms with E-state index in [1.807, 2.05) is 18.2 Å². The summed E-state index contributed by atoms with van der Waals surface area (Å²) in [5.41, 5.74) is 0.791. The lowest BCUT2D eigenvalue weighted by atomic mass is 9.98. The Balaban J connectivity index is 1.80. The molecular weight excluding hydrogens is 368 g/mol. The summed E-state index contributed by atoms with van der Waals surface area (Å²) in [4.78, 5) is 17.2. The largest absolute Gasteiger partial charge is 0.497 e. The molecule has 0 radical (unpaired) electrons. The highest BCUT2D eigenvalue weighted by atomic mass is 32.2. The molecule has 27 heavy (non-hydrogen) atoms. The molecule has 0 saturated carbocycles. The van der Waals surface area contributed by atoms with Crippen LogP contribution in [0, 0.1) is 0 Å². The van der Waals surface area contributed by atoms with Crippen molar-refractivity contribution in [3.05, 3.63) is 29.8 Å². The number of piperazine rings is 1. The summed E-state index contributed by atoms with van der Waals surface area (Å²) in [6.07, 6.45) is 0.385. The van der Waals surface area contributed by atoms with Crippen LogP contribution in [0.5, 0.6) is 5.75 Å². The first kappa shape index (κ1) is 20.1. The van der Waals surface area contributed by atoms with Crippen molar-refractivity contribution in [2.45, 2.75) is 25.4 Å². The van der Waals surface area contributed by atoms with Crippen molar-refractivity contribution in [1.82, 2.24) is 18.8 Å². The number of carbonyl (C=O) groups excluding carboxylic acids is 1. The van der Waals surface area contributed by atoms with Crippen LogP contribution in [-0.4, -0.2) is 81.4 Å². The second-order valence-corrected chi connectivity index (χ2v) is 8.74. The first-order valence-corrected chi connectivity index (χ1v) is 10.7. The van der Waals surface area contributed by atoms with Crippen LogP contribution in [-0.2, 0) is 15.0 Å². The van der Waals surface area contributed by atoms with Gasteiger partial charge in [0.2, 0.25) is 5.91 Å². The van der Waals surface area contributed by atoms with E-state index in [0.717, 1.165) is 29.5 Å². The summed E-state index contributed by atoms with van der Waals surface area (Å²) in [6.45, 7) is 5.97. The molecule has 3 rings (SSSR count). The van der Waals surface area contributed by atoms with Crippen LogP contribution in [0.15, 0.2) is 24.3 Å². The summed E-state index contributed by atoms with van der Waals surface area (Å²) >= 11 is 0. The van der Waals surface area contributed by atoms with Crippen LogP contribution in [0.1, 0.15) is 24.9 Å². The van der Waals surface area contributed by atoms with E-state index in [1.54, 1.807) is 18.1 Å². The molecule has 1 N–H and O–H groups in total. The highest BCUT2D eigenvalue weighted by Crippen LogP contribution is 2.30. The number of hydrogen-bond acceptors (Lipinski definition) is 5. The number of amides is 1. The lowest BCUT2D eigenvalue weighted by Gasteiger charge is -2.41. The molecule has 1 amide bonds. The summed E-state index contributed by atoms with van der Waals surface area (Å²) in [7, 11) is -0.705. The third kappa shape index (κ3) is 4.26. The summed E-state index contributed by atoms with van der Waals surface area (Å²) < 4.78 is 34.3. The van der Waals surface area contributed by atoms with E-state index in [2.05, 4.69) is 16.5 Å². The second-order valence-electron chi connectivity index (χ2n) is 6.98. The average molecular weight is 397 g/mol. The molecule has 8 nitrogen and oxygen atoms in total. The Morgan fingerprint density at radius 1 is 1.26 bits per heavy atom. The zero-order chi connectivity index (χ0) is 19.6. The Kier molecular flexibility index (Phi) is 6.05. The standard InChI is InChI=1S/C18H28N4O4S/c1-4-21-8-10-22(11-9-21)18(23)17-13-16(19-27(24,25)20(17)2)14-6-5-7-15(12-14)26-3/h5-7,12,16-17,19H,4,8-11,13H2,1-3H3. The molecular formula is C18H28N4O4S. The molecule has 2 unspecified atom stereocenters. The normalized spacial score (nSPS) is 26.7. The van der Waals surface area contributed by atoms with Gasteiger partial charge in [0.25, 0.3) is 10.2 Å². The van der Waals surface area contributed by atoms with Crippen LogP contribution < -0.4 is 9.46 Å². The fourth-order valence-electron chi connectivity index (χ4n) is 3.66. The van der Waals surface area contributed by atoms with Gasteiger partial charge in [-0.15, -0.1) is 0 Å². The molecule has 0 aromatic heterocycles. The Labute approximate surface area is 161 Å². The summed E-state index contributed by atoms with van der Waals surface area (Å²) in [6, 6.07) is 6.11. The van der Waals surface area contributed by atoms with Gasteiger partial charge in [-0.1, -0.05) is 19.1 Å². The number of benzene rings is 1. The molecule has 1 aromatic carbocycles. The van der Waals surface area contributed by atoms with Crippen LogP contribution >= 0.6 is 0 Å². The van der Waals surface area contributed by atoms with Crippen molar-refractivity contribution in [2.24, 2.45) is 0 Å². The molecule has 2 aliphatic heterocycles. The molecule has 0 bridgehead atoms. The molecule has 0 aliphatic carbocycles. The lowest BCUT2D eigenvalue weighted by molar-refractivity contribution is -0.137. The van der Waals surface area contributed by atoms with E-state index in [0.29, 0.717) is 25.3 Å². The predicted molar refractivity (Wildman–Crippen MR) is 103 cm³/mol. The van der Waals surface area contributed by atoms with Gasteiger partial charge in [-0.3, -0.25) is 4.79 Å². The highest BCUT2D eigenvalue weighted by molar-refractivity contribution is 7.87. The fraction of sp³-hybridized carbons (Fsp3) is 0.611. The third-order valence-electron chi connectivity index (χ3n) is 5.48. The van der Waals surface area contributed by atoms with Gasteiger partial charge in [-0.25, -0.2) is 0 Å². The monoisotopic (exact) mass is 396 g/mol. The van der Waals surface area contributed by atoms with Crippen molar-refractivity contribution < 1.29 is 17.9 Å². The molecule has 2 fully saturated rings. The van der Waals surface area contributed by atoms with Crippen LogP contribution in [0.4, 0.5) is 0 Å². The second kappa shape index (κ2) is 8.14. The third-order valence-corrected chi connectivity index (χ3v) is 7.08. The Hall–Kier alpha value is -1.68. The Morgan fingerprint density at radius 2 is 1.96 bits per heavy atom. The van der Waals surface area contributed by atoms with E-state index in [9.17, 15) is 13.2 Å². The molecule has 2 heterocycles. The summed E-state index contributed by atoms with van der Waals surface area (Å²) in [5.74, 6) is 0.537. The first-order chi connectivity index (χ1) is 12.9. The Bertz CT molecular complexity index is 777.